The summed E-state index contributed by atoms with van der Waals surface area (Å²) >= 11 is 6.24. The molecule has 0 atom stereocenters. The van der Waals surface area contributed by atoms with Crippen molar-refractivity contribution >= 4 is 29.4 Å². The van der Waals surface area contributed by atoms with E-state index in [0.717, 1.165) is 11.3 Å². The normalized spacial score (nSPS) is 10.7. The van der Waals surface area contributed by atoms with E-state index in [1.54, 1.807) is 30.3 Å². The Bertz CT molecular complexity index is 979. The molecular weight excluding hydrogens is 393 g/mol. The molecule has 5 nitrogen and oxygen atoms in total. The summed E-state index contributed by atoms with van der Waals surface area (Å²) in [7, 11) is 0. The van der Waals surface area contributed by atoms with Crippen LogP contribution in [0.5, 0.6) is 5.75 Å². The molecule has 0 aromatic heterocycles. The number of hydrogen-bond acceptors (Lipinski definition) is 4. The molecule has 0 unspecified atom stereocenters. The summed E-state index contributed by atoms with van der Waals surface area (Å²) in [5, 5.41) is 7.33. The summed E-state index contributed by atoms with van der Waals surface area (Å²) in [5.74, 6) is -0.0574. The molecule has 0 fully saturated rings. The minimum absolute atomic E-state index is 0.109. The van der Waals surface area contributed by atoms with Gasteiger partial charge in [-0.1, -0.05) is 41.9 Å². The molecule has 0 saturated carbocycles. The fourth-order valence-electron chi connectivity index (χ4n) is 2.41. The molecule has 0 bridgehead atoms. The molecule has 0 saturated heterocycles. The van der Waals surface area contributed by atoms with Crippen LogP contribution in [0.4, 0.5) is 10.1 Å². The number of halogens is 2. The van der Waals surface area contributed by atoms with E-state index in [-0.39, 0.29) is 24.9 Å². The van der Waals surface area contributed by atoms with Crippen LogP contribution in [0.15, 0.2) is 77.9 Å². The van der Waals surface area contributed by atoms with E-state index in [1.807, 2.05) is 30.3 Å². The average molecular weight is 412 g/mol. The van der Waals surface area contributed by atoms with Gasteiger partial charge in [0.05, 0.1) is 17.8 Å². The molecule has 2 N–H and O–H groups in total. The molecule has 1 amide bonds. The maximum atomic E-state index is 12.9. The van der Waals surface area contributed by atoms with Gasteiger partial charge in [-0.2, -0.15) is 5.10 Å². The van der Waals surface area contributed by atoms with Crippen LogP contribution in [0.2, 0.25) is 5.02 Å². The number of ether oxygens (including phenoxy) is 1. The molecule has 0 radical (unpaired) electrons. The highest BCUT2D eigenvalue weighted by Crippen LogP contribution is 2.25. The minimum atomic E-state index is -0.293. The van der Waals surface area contributed by atoms with Crippen LogP contribution in [-0.2, 0) is 11.4 Å². The largest absolute Gasteiger partial charge is 0.487 e. The molecule has 148 valence electrons. The maximum absolute atomic E-state index is 12.9. The number of amides is 1. The lowest BCUT2D eigenvalue weighted by molar-refractivity contribution is -0.119. The molecule has 3 rings (SSSR count). The minimum Gasteiger partial charge on any atom is -0.487 e. The standard InChI is InChI=1S/C22H19ClFN3O2/c23-20-12-17(8-11-21(20)29-15-16-6-9-18(24)10-7-16)13-26-27-22(28)14-25-19-4-2-1-3-5-19/h1-13,25H,14-15H2,(H,27,28). The zero-order valence-corrected chi connectivity index (χ0v) is 16.2. The fourth-order valence-corrected chi connectivity index (χ4v) is 2.66. The van der Waals surface area contributed by atoms with E-state index in [2.05, 4.69) is 15.8 Å². The van der Waals surface area contributed by atoms with Crippen LogP contribution in [0.25, 0.3) is 0 Å². The van der Waals surface area contributed by atoms with Crippen molar-refractivity contribution in [3.05, 3.63) is 94.8 Å². The first-order valence-electron chi connectivity index (χ1n) is 8.88. The molecule has 3 aromatic carbocycles. The molecule has 0 aliphatic carbocycles. The summed E-state index contributed by atoms with van der Waals surface area (Å²) in [6.45, 7) is 0.385. The number of nitrogens with zero attached hydrogens (tertiary/aromatic N) is 1. The number of para-hydroxylation sites is 1. The average Bonchev–Trinajstić information content (AvgIpc) is 2.73. The van der Waals surface area contributed by atoms with Gasteiger partial charge in [0.1, 0.15) is 18.2 Å². The Kier molecular flexibility index (Phi) is 7.19. The molecule has 3 aromatic rings. The monoisotopic (exact) mass is 411 g/mol. The predicted octanol–water partition coefficient (Wildman–Crippen LogP) is 4.62. The number of benzene rings is 3. The van der Waals surface area contributed by atoms with Crippen LogP contribution in [0, 0.1) is 5.82 Å². The lowest BCUT2D eigenvalue weighted by Crippen LogP contribution is -2.25. The summed E-state index contributed by atoms with van der Waals surface area (Å²) < 4.78 is 18.6. The van der Waals surface area contributed by atoms with Crippen LogP contribution >= 0.6 is 11.6 Å². The van der Waals surface area contributed by atoms with E-state index >= 15 is 0 Å². The lowest BCUT2D eigenvalue weighted by atomic mass is 10.2. The van der Waals surface area contributed by atoms with Gasteiger partial charge in [-0.15, -0.1) is 0 Å². The van der Waals surface area contributed by atoms with Crippen LogP contribution < -0.4 is 15.5 Å². The number of hydrazone groups is 1. The van der Waals surface area contributed by atoms with Crippen molar-refractivity contribution in [2.24, 2.45) is 5.10 Å². The van der Waals surface area contributed by atoms with Crippen molar-refractivity contribution < 1.29 is 13.9 Å². The first kappa shape index (κ1) is 20.4. The third kappa shape index (κ3) is 6.62. The number of hydrogen-bond donors (Lipinski definition) is 2. The van der Waals surface area contributed by atoms with Crippen molar-refractivity contribution in [3.8, 4) is 5.75 Å². The van der Waals surface area contributed by atoms with E-state index < -0.39 is 0 Å². The van der Waals surface area contributed by atoms with Gasteiger partial charge in [-0.25, -0.2) is 9.82 Å². The van der Waals surface area contributed by atoms with Crippen LogP contribution in [-0.4, -0.2) is 18.7 Å². The maximum Gasteiger partial charge on any atom is 0.259 e. The molecule has 0 aliphatic rings. The number of rotatable bonds is 8. The van der Waals surface area contributed by atoms with Crippen molar-refractivity contribution in [2.45, 2.75) is 6.61 Å². The lowest BCUT2D eigenvalue weighted by Gasteiger charge is -2.08. The van der Waals surface area contributed by atoms with Gasteiger partial charge in [0.15, 0.2) is 0 Å². The van der Waals surface area contributed by atoms with Gasteiger partial charge in [0.2, 0.25) is 0 Å². The number of carbonyl (C=O) groups is 1. The molecule has 0 aliphatic heterocycles. The van der Waals surface area contributed by atoms with Gasteiger partial charge < -0.3 is 10.1 Å². The van der Waals surface area contributed by atoms with Crippen molar-refractivity contribution in [1.29, 1.82) is 0 Å². The van der Waals surface area contributed by atoms with Crippen molar-refractivity contribution in [3.63, 3.8) is 0 Å². The topological polar surface area (TPSA) is 62.7 Å². The summed E-state index contributed by atoms with van der Waals surface area (Å²) in [4.78, 5) is 11.8. The Morgan fingerprint density at radius 1 is 1.07 bits per heavy atom. The third-order valence-electron chi connectivity index (χ3n) is 3.89. The Morgan fingerprint density at radius 2 is 1.83 bits per heavy atom. The van der Waals surface area contributed by atoms with Gasteiger partial charge in [-0.05, 0) is 53.6 Å². The second-order valence-corrected chi connectivity index (χ2v) is 6.52. The Morgan fingerprint density at radius 3 is 2.55 bits per heavy atom. The number of nitrogens with one attached hydrogen (secondary N) is 2. The van der Waals surface area contributed by atoms with Crippen LogP contribution in [0.1, 0.15) is 11.1 Å². The third-order valence-corrected chi connectivity index (χ3v) is 4.19. The smallest absolute Gasteiger partial charge is 0.259 e. The SMILES string of the molecule is O=C(CNc1ccccc1)NN=Cc1ccc(OCc2ccc(F)cc2)c(Cl)c1. The molecule has 0 spiro atoms. The van der Waals surface area contributed by atoms with Gasteiger partial charge in [0, 0.05) is 5.69 Å². The second kappa shape index (κ2) is 10.2. The van der Waals surface area contributed by atoms with E-state index in [9.17, 15) is 9.18 Å². The fraction of sp³-hybridized carbons (Fsp3) is 0.0909. The summed E-state index contributed by atoms with van der Waals surface area (Å²) in [6, 6.07) is 20.6. The first-order valence-corrected chi connectivity index (χ1v) is 9.25. The van der Waals surface area contributed by atoms with Crippen molar-refractivity contribution in [2.75, 3.05) is 11.9 Å². The van der Waals surface area contributed by atoms with E-state index in [0.29, 0.717) is 16.3 Å². The quantitative estimate of drug-likeness (QED) is 0.420. The van der Waals surface area contributed by atoms with E-state index in [4.69, 9.17) is 16.3 Å². The second-order valence-electron chi connectivity index (χ2n) is 6.12. The number of carbonyl (C=O) groups excluding carboxylic acids is 1. The molecular formula is C22H19ClFN3O2. The predicted molar refractivity (Wildman–Crippen MR) is 113 cm³/mol. The van der Waals surface area contributed by atoms with Gasteiger partial charge in [-0.3, -0.25) is 4.79 Å². The Balaban J connectivity index is 1.47. The Labute approximate surface area is 173 Å². The summed E-state index contributed by atoms with van der Waals surface area (Å²) in [6.07, 6.45) is 1.50. The van der Waals surface area contributed by atoms with Gasteiger partial charge >= 0.3 is 0 Å². The zero-order chi connectivity index (χ0) is 20.5. The van der Waals surface area contributed by atoms with Crippen LogP contribution in [0.3, 0.4) is 0 Å². The molecule has 29 heavy (non-hydrogen) atoms. The molecule has 7 heteroatoms. The van der Waals surface area contributed by atoms with Crippen molar-refractivity contribution in [1.82, 2.24) is 5.43 Å². The first-order chi connectivity index (χ1) is 14.1. The van der Waals surface area contributed by atoms with Gasteiger partial charge in [0.25, 0.3) is 5.91 Å². The molecule has 0 heterocycles. The highest BCUT2D eigenvalue weighted by atomic mass is 35.5. The van der Waals surface area contributed by atoms with E-state index in [1.165, 1.54) is 18.3 Å². The Hall–Kier alpha value is -3.38. The summed E-state index contributed by atoms with van der Waals surface area (Å²) in [5.41, 5.74) is 4.85. The highest BCUT2D eigenvalue weighted by Gasteiger charge is 2.04. The zero-order valence-electron chi connectivity index (χ0n) is 15.4. The highest BCUT2D eigenvalue weighted by molar-refractivity contribution is 6.32. The number of anilines is 1.